The second-order valence-electron chi connectivity index (χ2n) is 6.33. The maximum Gasteiger partial charge on any atom is 0.419 e. The van der Waals surface area contributed by atoms with Crippen molar-refractivity contribution in [2.75, 3.05) is 14.2 Å². The van der Waals surface area contributed by atoms with Crippen molar-refractivity contribution in [1.82, 2.24) is 10.4 Å². The summed E-state index contributed by atoms with van der Waals surface area (Å²) in [4.78, 5) is 29.0. The number of nitrogens with zero attached hydrogens (tertiary/aromatic N) is 1. The van der Waals surface area contributed by atoms with Gasteiger partial charge in [0.25, 0.3) is 5.91 Å². The number of alkyl halides is 3. The standard InChI is InChI=1S/C16H20F4N2O4/c1-15(2,3)26-14(24)21-12(13(23)22(4)25-5)9-6-7-10(11(17)8-9)16(18,19)20/h6-8,12H,1-5H3,(H,21,24). The van der Waals surface area contributed by atoms with Crippen LogP contribution in [-0.2, 0) is 20.5 Å². The highest BCUT2D eigenvalue weighted by Crippen LogP contribution is 2.32. The SMILES string of the molecule is CON(C)C(=O)C(NC(=O)OC(C)(C)C)c1ccc(C(F)(F)F)c(F)c1. The van der Waals surface area contributed by atoms with E-state index in [1.807, 2.05) is 0 Å². The average molecular weight is 380 g/mol. The summed E-state index contributed by atoms with van der Waals surface area (Å²) >= 11 is 0. The number of nitrogens with one attached hydrogen (secondary N) is 1. The van der Waals surface area contributed by atoms with Crippen molar-refractivity contribution in [3.05, 3.63) is 35.1 Å². The number of ether oxygens (including phenoxy) is 1. The average Bonchev–Trinajstić information content (AvgIpc) is 2.48. The molecule has 1 N–H and O–H groups in total. The van der Waals surface area contributed by atoms with Crippen molar-refractivity contribution >= 4 is 12.0 Å². The molecule has 0 aliphatic carbocycles. The summed E-state index contributed by atoms with van der Waals surface area (Å²) in [5.41, 5.74) is -2.56. The molecule has 0 aliphatic rings. The summed E-state index contributed by atoms with van der Waals surface area (Å²) in [5, 5.41) is 2.96. The van der Waals surface area contributed by atoms with Crippen LogP contribution in [0.4, 0.5) is 22.4 Å². The van der Waals surface area contributed by atoms with Gasteiger partial charge in [-0.25, -0.2) is 14.2 Å². The van der Waals surface area contributed by atoms with Crippen LogP contribution in [0, 0.1) is 5.82 Å². The van der Waals surface area contributed by atoms with Gasteiger partial charge in [-0.3, -0.25) is 9.63 Å². The smallest absolute Gasteiger partial charge is 0.419 e. The van der Waals surface area contributed by atoms with Gasteiger partial charge in [0.2, 0.25) is 0 Å². The molecule has 1 aromatic rings. The normalized spacial score (nSPS) is 13.1. The van der Waals surface area contributed by atoms with Crippen molar-refractivity contribution < 1.29 is 36.7 Å². The van der Waals surface area contributed by atoms with Crippen molar-refractivity contribution in [2.24, 2.45) is 0 Å². The molecule has 1 rings (SSSR count). The van der Waals surface area contributed by atoms with Crippen LogP contribution in [0.25, 0.3) is 0 Å². The maximum atomic E-state index is 13.8. The van der Waals surface area contributed by atoms with E-state index in [0.29, 0.717) is 12.1 Å². The molecule has 1 aromatic carbocycles. The van der Waals surface area contributed by atoms with Crippen LogP contribution in [0.2, 0.25) is 0 Å². The lowest BCUT2D eigenvalue weighted by atomic mass is 10.0. The topological polar surface area (TPSA) is 67.9 Å². The maximum absolute atomic E-state index is 13.8. The lowest BCUT2D eigenvalue weighted by Crippen LogP contribution is -2.43. The third-order valence-electron chi connectivity index (χ3n) is 3.12. The second kappa shape index (κ2) is 7.90. The number of carbonyl (C=O) groups excluding carboxylic acids is 2. The highest BCUT2D eigenvalue weighted by Gasteiger charge is 2.35. The van der Waals surface area contributed by atoms with Crippen LogP contribution in [0.1, 0.15) is 37.9 Å². The molecule has 0 aliphatic heterocycles. The predicted molar refractivity (Wildman–Crippen MR) is 83.3 cm³/mol. The molecule has 6 nitrogen and oxygen atoms in total. The molecule has 0 saturated carbocycles. The summed E-state index contributed by atoms with van der Waals surface area (Å²) in [5.74, 6) is -2.41. The number of carbonyl (C=O) groups is 2. The van der Waals surface area contributed by atoms with E-state index < -0.39 is 41.2 Å². The highest BCUT2D eigenvalue weighted by atomic mass is 19.4. The molecule has 0 radical (unpaired) electrons. The molecular weight excluding hydrogens is 360 g/mol. The number of hydrogen-bond acceptors (Lipinski definition) is 4. The summed E-state index contributed by atoms with van der Waals surface area (Å²) in [6.45, 7) is 4.76. The lowest BCUT2D eigenvalue weighted by Gasteiger charge is -2.26. The van der Waals surface area contributed by atoms with Crippen LogP contribution in [0.15, 0.2) is 18.2 Å². The Hall–Kier alpha value is -2.36. The predicted octanol–water partition coefficient (Wildman–Crippen LogP) is 3.43. The quantitative estimate of drug-likeness (QED) is 0.642. The van der Waals surface area contributed by atoms with Gasteiger partial charge in [-0.2, -0.15) is 13.2 Å². The molecule has 0 fully saturated rings. The Kier molecular flexibility index (Phi) is 6.59. The number of benzene rings is 1. The number of rotatable bonds is 4. The summed E-state index contributed by atoms with van der Waals surface area (Å²) < 4.78 is 56.9. The largest absolute Gasteiger partial charge is 0.444 e. The van der Waals surface area contributed by atoms with E-state index in [1.54, 1.807) is 20.8 Å². The van der Waals surface area contributed by atoms with Crippen LogP contribution in [0.3, 0.4) is 0 Å². The van der Waals surface area contributed by atoms with Crippen molar-refractivity contribution in [2.45, 2.75) is 38.6 Å². The fraction of sp³-hybridized carbons (Fsp3) is 0.500. The molecule has 0 spiro atoms. The number of likely N-dealkylation sites (N-methyl/N-ethyl adjacent to an activating group) is 1. The van der Waals surface area contributed by atoms with Crippen LogP contribution in [-0.4, -0.2) is 36.8 Å². The lowest BCUT2D eigenvalue weighted by molar-refractivity contribution is -0.171. The molecule has 0 aromatic heterocycles. The molecule has 26 heavy (non-hydrogen) atoms. The van der Waals surface area contributed by atoms with Gasteiger partial charge in [-0.05, 0) is 38.5 Å². The van der Waals surface area contributed by atoms with E-state index >= 15 is 0 Å². The van der Waals surface area contributed by atoms with Crippen molar-refractivity contribution in [3.63, 3.8) is 0 Å². The molecule has 1 unspecified atom stereocenters. The van der Waals surface area contributed by atoms with Crippen molar-refractivity contribution in [1.29, 1.82) is 0 Å². The molecule has 2 amide bonds. The molecule has 0 bridgehead atoms. The van der Waals surface area contributed by atoms with E-state index in [4.69, 9.17) is 9.57 Å². The summed E-state index contributed by atoms with van der Waals surface area (Å²) in [6, 6.07) is 0.419. The number of hydroxylamine groups is 2. The van der Waals surface area contributed by atoms with Gasteiger partial charge in [0.15, 0.2) is 0 Å². The fourth-order valence-electron chi connectivity index (χ4n) is 1.93. The van der Waals surface area contributed by atoms with Gasteiger partial charge in [0.05, 0.1) is 12.7 Å². The first-order chi connectivity index (χ1) is 11.8. The summed E-state index contributed by atoms with van der Waals surface area (Å²) in [6.07, 6.45) is -5.88. The van der Waals surface area contributed by atoms with Crippen LogP contribution in [0.5, 0.6) is 0 Å². The minimum Gasteiger partial charge on any atom is -0.444 e. The fourth-order valence-corrected chi connectivity index (χ4v) is 1.93. The summed E-state index contributed by atoms with van der Waals surface area (Å²) in [7, 11) is 2.41. The number of hydrogen-bond donors (Lipinski definition) is 1. The molecule has 10 heteroatoms. The van der Waals surface area contributed by atoms with E-state index in [1.165, 1.54) is 14.2 Å². The first kappa shape index (κ1) is 21.7. The molecule has 0 saturated heterocycles. The van der Waals surface area contributed by atoms with Gasteiger partial charge >= 0.3 is 12.3 Å². The Bertz CT molecular complexity index is 671. The van der Waals surface area contributed by atoms with E-state index in [-0.39, 0.29) is 5.56 Å². The van der Waals surface area contributed by atoms with Crippen LogP contribution >= 0.6 is 0 Å². The molecular formula is C16H20F4N2O4. The zero-order valence-electron chi connectivity index (χ0n) is 14.9. The highest BCUT2D eigenvalue weighted by molar-refractivity contribution is 5.86. The van der Waals surface area contributed by atoms with E-state index in [0.717, 1.165) is 11.1 Å². The Morgan fingerprint density at radius 3 is 2.19 bits per heavy atom. The van der Waals surface area contributed by atoms with Gasteiger partial charge in [0, 0.05) is 7.05 Å². The first-order valence-electron chi connectivity index (χ1n) is 7.44. The van der Waals surface area contributed by atoms with Gasteiger partial charge in [0.1, 0.15) is 17.5 Å². The zero-order chi connectivity index (χ0) is 20.3. The minimum absolute atomic E-state index is 0.199. The van der Waals surface area contributed by atoms with Gasteiger partial charge in [-0.15, -0.1) is 0 Å². The van der Waals surface area contributed by atoms with Gasteiger partial charge in [-0.1, -0.05) is 6.07 Å². The van der Waals surface area contributed by atoms with Crippen LogP contribution < -0.4 is 5.32 Å². The third kappa shape index (κ3) is 5.87. The molecule has 0 heterocycles. The zero-order valence-corrected chi connectivity index (χ0v) is 14.9. The molecule has 146 valence electrons. The number of amides is 2. The number of alkyl carbamates (subject to hydrolysis) is 1. The first-order valence-corrected chi connectivity index (χ1v) is 7.44. The Morgan fingerprint density at radius 2 is 1.77 bits per heavy atom. The number of halogens is 4. The third-order valence-corrected chi connectivity index (χ3v) is 3.12. The van der Waals surface area contributed by atoms with Gasteiger partial charge < -0.3 is 10.1 Å². The van der Waals surface area contributed by atoms with E-state index in [2.05, 4.69) is 5.32 Å². The second-order valence-corrected chi connectivity index (χ2v) is 6.33. The van der Waals surface area contributed by atoms with E-state index in [9.17, 15) is 27.2 Å². The minimum atomic E-state index is -4.88. The molecule has 1 atom stereocenters. The Morgan fingerprint density at radius 1 is 1.19 bits per heavy atom. The Balaban J connectivity index is 3.22. The van der Waals surface area contributed by atoms with Crippen molar-refractivity contribution in [3.8, 4) is 0 Å². The monoisotopic (exact) mass is 380 g/mol. The Labute approximate surface area is 148 Å².